The molecule has 1 heterocycles. The fourth-order valence-corrected chi connectivity index (χ4v) is 2.16. The normalized spacial score (nSPS) is 14.1. The van der Waals surface area contributed by atoms with Gasteiger partial charge in [0.1, 0.15) is 17.7 Å². The Kier molecular flexibility index (Phi) is 4.37. The molecule has 94 valence electrons. The molecule has 1 aliphatic rings. The average Bonchev–Trinajstić information content (AvgIpc) is 2.97. The van der Waals surface area contributed by atoms with E-state index in [0.29, 0.717) is 5.57 Å². The molecule has 1 aliphatic heterocycles. The zero-order chi connectivity index (χ0) is 13.5. The Morgan fingerprint density at radius 1 is 1.05 bits per heavy atom. The van der Waals surface area contributed by atoms with Crippen LogP contribution in [0.3, 0.4) is 0 Å². The number of nitriles is 2. The molecule has 0 amide bonds. The van der Waals surface area contributed by atoms with E-state index in [-0.39, 0.29) is 5.57 Å². The van der Waals surface area contributed by atoms with Gasteiger partial charge in [0.25, 0.3) is 0 Å². The van der Waals surface area contributed by atoms with E-state index in [1.807, 2.05) is 54.7 Å². The highest BCUT2D eigenvalue weighted by atomic mass is 15.1. The van der Waals surface area contributed by atoms with Gasteiger partial charge in [-0.3, -0.25) is 0 Å². The molecule has 1 aromatic rings. The Morgan fingerprint density at radius 2 is 1.68 bits per heavy atom. The van der Waals surface area contributed by atoms with Crippen LogP contribution >= 0.6 is 0 Å². The predicted molar refractivity (Wildman–Crippen MR) is 74.5 cm³/mol. The summed E-state index contributed by atoms with van der Waals surface area (Å²) in [6, 6.07) is 13.5. The van der Waals surface area contributed by atoms with Crippen LogP contribution in [0.1, 0.15) is 18.4 Å². The lowest BCUT2D eigenvalue weighted by atomic mass is 10.0. The lowest BCUT2D eigenvalue weighted by Gasteiger charge is -2.11. The highest BCUT2D eigenvalue weighted by Crippen LogP contribution is 2.20. The molecule has 1 fully saturated rings. The van der Waals surface area contributed by atoms with Gasteiger partial charge >= 0.3 is 0 Å². The summed E-state index contributed by atoms with van der Waals surface area (Å²) < 4.78 is 0. The Labute approximate surface area is 113 Å². The van der Waals surface area contributed by atoms with Crippen LogP contribution in [0.25, 0.3) is 5.57 Å². The van der Waals surface area contributed by atoms with Gasteiger partial charge in [-0.25, -0.2) is 0 Å². The smallest absolute Gasteiger partial charge is 0.137 e. The second-order valence-electron chi connectivity index (χ2n) is 4.44. The van der Waals surface area contributed by atoms with Gasteiger partial charge in [0.2, 0.25) is 0 Å². The maximum atomic E-state index is 9.07. The Bertz CT molecular complexity index is 548. The molecular formula is C16H15N3. The summed E-state index contributed by atoms with van der Waals surface area (Å²) >= 11 is 0. The number of allylic oxidation sites excluding steroid dienone is 3. The minimum absolute atomic E-state index is 0.154. The molecule has 0 unspecified atom stereocenters. The molecule has 0 N–H and O–H groups in total. The molecule has 3 heteroatoms. The Hall–Kier alpha value is -2.52. The summed E-state index contributed by atoms with van der Waals surface area (Å²) in [5.41, 5.74) is 1.75. The first kappa shape index (κ1) is 12.9. The lowest BCUT2D eigenvalue weighted by Crippen LogP contribution is -2.10. The van der Waals surface area contributed by atoms with Gasteiger partial charge in [0.05, 0.1) is 0 Å². The first-order chi connectivity index (χ1) is 9.35. The van der Waals surface area contributed by atoms with E-state index in [1.165, 1.54) is 12.8 Å². The first-order valence-corrected chi connectivity index (χ1v) is 6.37. The third-order valence-electron chi connectivity index (χ3n) is 3.17. The molecule has 1 aromatic carbocycles. The molecule has 0 aliphatic carbocycles. The number of rotatable bonds is 3. The summed E-state index contributed by atoms with van der Waals surface area (Å²) in [6.07, 6.45) is 6.28. The van der Waals surface area contributed by atoms with Crippen LogP contribution < -0.4 is 0 Å². The monoisotopic (exact) mass is 249 g/mol. The second-order valence-corrected chi connectivity index (χ2v) is 4.44. The zero-order valence-electron chi connectivity index (χ0n) is 10.7. The van der Waals surface area contributed by atoms with Crippen molar-refractivity contribution in [2.24, 2.45) is 0 Å². The van der Waals surface area contributed by atoms with Crippen molar-refractivity contribution in [3.8, 4) is 12.1 Å². The van der Waals surface area contributed by atoms with Gasteiger partial charge < -0.3 is 4.90 Å². The predicted octanol–water partition coefficient (Wildman–Crippen LogP) is 3.10. The van der Waals surface area contributed by atoms with Crippen LogP contribution in [-0.2, 0) is 0 Å². The summed E-state index contributed by atoms with van der Waals surface area (Å²) in [7, 11) is 0. The molecule has 0 spiro atoms. The van der Waals surface area contributed by atoms with Gasteiger partial charge in [0, 0.05) is 18.7 Å². The number of hydrogen-bond acceptors (Lipinski definition) is 3. The minimum Gasteiger partial charge on any atom is -0.377 e. The zero-order valence-corrected chi connectivity index (χ0v) is 10.7. The van der Waals surface area contributed by atoms with E-state index in [1.54, 1.807) is 0 Å². The topological polar surface area (TPSA) is 50.8 Å². The molecule has 19 heavy (non-hydrogen) atoms. The van der Waals surface area contributed by atoms with E-state index in [9.17, 15) is 0 Å². The van der Waals surface area contributed by atoms with Gasteiger partial charge in [-0.15, -0.1) is 0 Å². The van der Waals surface area contributed by atoms with Crippen molar-refractivity contribution in [1.29, 1.82) is 10.5 Å². The highest BCUT2D eigenvalue weighted by molar-refractivity contribution is 5.81. The number of likely N-dealkylation sites (tertiary alicyclic amines) is 1. The molecule has 2 rings (SSSR count). The van der Waals surface area contributed by atoms with E-state index in [4.69, 9.17) is 10.5 Å². The van der Waals surface area contributed by atoms with Crippen LogP contribution in [0.5, 0.6) is 0 Å². The van der Waals surface area contributed by atoms with E-state index >= 15 is 0 Å². The summed E-state index contributed by atoms with van der Waals surface area (Å²) in [5, 5.41) is 18.1. The van der Waals surface area contributed by atoms with E-state index in [2.05, 4.69) is 4.90 Å². The van der Waals surface area contributed by atoms with Crippen molar-refractivity contribution in [1.82, 2.24) is 4.90 Å². The highest BCUT2D eigenvalue weighted by Gasteiger charge is 2.09. The molecule has 0 radical (unpaired) electrons. The fourth-order valence-electron chi connectivity index (χ4n) is 2.16. The minimum atomic E-state index is 0.154. The molecule has 0 bridgehead atoms. The Morgan fingerprint density at radius 3 is 2.26 bits per heavy atom. The summed E-state index contributed by atoms with van der Waals surface area (Å²) in [5.74, 6) is 0. The molecule has 3 nitrogen and oxygen atoms in total. The molecule has 0 saturated carbocycles. The quantitative estimate of drug-likeness (QED) is 0.611. The molecule has 0 aromatic heterocycles. The fraction of sp³-hybridized carbons (Fsp3) is 0.250. The Balaban J connectivity index is 2.34. The van der Waals surface area contributed by atoms with Crippen LogP contribution in [0.2, 0.25) is 0 Å². The van der Waals surface area contributed by atoms with Crippen molar-refractivity contribution < 1.29 is 0 Å². The maximum absolute atomic E-state index is 9.07. The molecule has 0 atom stereocenters. The van der Waals surface area contributed by atoms with Crippen LogP contribution in [0, 0.1) is 22.7 Å². The van der Waals surface area contributed by atoms with Gasteiger partial charge in [0.15, 0.2) is 0 Å². The summed E-state index contributed by atoms with van der Waals surface area (Å²) in [4.78, 5) is 2.22. The van der Waals surface area contributed by atoms with Crippen molar-refractivity contribution >= 4 is 5.57 Å². The number of benzene rings is 1. The second kappa shape index (κ2) is 6.42. The largest absolute Gasteiger partial charge is 0.377 e. The van der Waals surface area contributed by atoms with Crippen molar-refractivity contribution in [2.45, 2.75) is 12.8 Å². The van der Waals surface area contributed by atoms with Crippen molar-refractivity contribution in [3.05, 3.63) is 53.7 Å². The maximum Gasteiger partial charge on any atom is 0.137 e. The molecular weight excluding hydrogens is 234 g/mol. The van der Waals surface area contributed by atoms with Crippen molar-refractivity contribution in [2.75, 3.05) is 13.1 Å². The third-order valence-corrected chi connectivity index (χ3v) is 3.17. The molecule has 1 saturated heterocycles. The van der Waals surface area contributed by atoms with Crippen molar-refractivity contribution in [3.63, 3.8) is 0 Å². The van der Waals surface area contributed by atoms with Crippen LogP contribution in [0.4, 0.5) is 0 Å². The SMILES string of the molecule is N#CC(C#N)=C(/C=C/N1CCCC1)c1ccccc1. The standard InChI is InChI=1S/C16H15N3/c17-12-15(13-18)16(14-6-2-1-3-7-14)8-11-19-9-4-5-10-19/h1-3,6-8,11H,4-5,9-10H2/b11-8+. The third kappa shape index (κ3) is 3.24. The number of nitrogens with zero attached hydrogens (tertiary/aromatic N) is 3. The number of hydrogen-bond donors (Lipinski definition) is 0. The van der Waals surface area contributed by atoms with E-state index < -0.39 is 0 Å². The van der Waals surface area contributed by atoms with Gasteiger partial charge in [-0.1, -0.05) is 30.3 Å². The van der Waals surface area contributed by atoms with Crippen LogP contribution in [-0.4, -0.2) is 18.0 Å². The van der Waals surface area contributed by atoms with Crippen LogP contribution in [0.15, 0.2) is 48.2 Å². The first-order valence-electron chi connectivity index (χ1n) is 6.37. The van der Waals surface area contributed by atoms with Gasteiger partial charge in [-0.05, 0) is 30.7 Å². The van der Waals surface area contributed by atoms with E-state index in [0.717, 1.165) is 18.7 Å². The summed E-state index contributed by atoms with van der Waals surface area (Å²) in [6.45, 7) is 2.10. The van der Waals surface area contributed by atoms with Gasteiger partial charge in [-0.2, -0.15) is 10.5 Å². The lowest BCUT2D eigenvalue weighted by molar-refractivity contribution is 0.468. The average molecular weight is 249 g/mol.